The van der Waals surface area contributed by atoms with Crippen molar-refractivity contribution in [2.75, 3.05) is 20.3 Å². The number of quaternary nitrogens is 1. The first kappa shape index (κ1) is 9.59. The Morgan fingerprint density at radius 2 is 2.33 bits per heavy atom. The predicted octanol–water partition coefficient (Wildman–Crippen LogP) is 0.682. The molecule has 2 atom stereocenters. The highest BCUT2D eigenvalue weighted by molar-refractivity contribution is 4.77. The summed E-state index contributed by atoms with van der Waals surface area (Å²) in [6.45, 7) is 6.97. The largest absolute Gasteiger partial charge is 0.326 e. The van der Waals surface area contributed by atoms with Crippen LogP contribution in [0, 0.1) is 5.92 Å². The molecule has 1 heterocycles. The molecule has 0 saturated carbocycles. The van der Waals surface area contributed by atoms with E-state index in [0.717, 1.165) is 12.6 Å². The van der Waals surface area contributed by atoms with E-state index in [2.05, 4.69) is 38.2 Å². The van der Waals surface area contributed by atoms with Crippen molar-refractivity contribution < 1.29 is 4.90 Å². The number of hydrogen-bond donors (Lipinski definition) is 1. The third-order valence-electron chi connectivity index (χ3n) is 2.63. The van der Waals surface area contributed by atoms with Crippen molar-refractivity contribution in [3.8, 4) is 0 Å². The third-order valence-corrected chi connectivity index (χ3v) is 2.63. The molecule has 0 radical (unpaired) electrons. The molecule has 0 amide bonds. The predicted molar refractivity (Wildman–Crippen MR) is 51.7 cm³/mol. The lowest BCUT2D eigenvalue weighted by Crippen LogP contribution is -3.03. The van der Waals surface area contributed by atoms with Gasteiger partial charge in [0.2, 0.25) is 0 Å². The van der Waals surface area contributed by atoms with E-state index < -0.39 is 0 Å². The van der Waals surface area contributed by atoms with Gasteiger partial charge in [-0.2, -0.15) is 0 Å². The van der Waals surface area contributed by atoms with Crippen LogP contribution in [0.2, 0.25) is 0 Å². The quantitative estimate of drug-likeness (QED) is 0.650. The Bertz CT molecular complexity index is 154. The summed E-state index contributed by atoms with van der Waals surface area (Å²) >= 11 is 0. The average Bonchev–Trinajstić information content (AvgIpc) is 2.47. The lowest BCUT2D eigenvalue weighted by molar-refractivity contribution is -0.826. The maximum absolute atomic E-state index is 2.40. The van der Waals surface area contributed by atoms with Gasteiger partial charge >= 0.3 is 0 Å². The Morgan fingerprint density at radius 3 is 2.83 bits per heavy atom. The fraction of sp³-hybridized carbons (Fsp3) is 0.800. The monoisotopic (exact) mass is 169 g/mol. The molecule has 0 spiro atoms. The van der Waals surface area contributed by atoms with Crippen LogP contribution in [0.15, 0.2) is 12.4 Å². The van der Waals surface area contributed by atoms with Crippen LogP contribution in [-0.2, 0) is 0 Å². The molecule has 0 bridgehead atoms. The maximum atomic E-state index is 2.40. The average molecular weight is 169 g/mol. The number of nitrogens with one attached hydrogen (secondary N) is 1. The van der Waals surface area contributed by atoms with E-state index in [4.69, 9.17) is 0 Å². The summed E-state index contributed by atoms with van der Waals surface area (Å²) in [7, 11) is 2.19. The minimum absolute atomic E-state index is 0.874. The molecule has 2 heteroatoms. The Labute approximate surface area is 75.8 Å². The molecule has 0 aliphatic carbocycles. The summed E-state index contributed by atoms with van der Waals surface area (Å²) in [5.74, 6) is 0.874. The van der Waals surface area contributed by atoms with Gasteiger partial charge in [-0.3, -0.25) is 4.90 Å². The standard InChI is InChI=1S/C10H20N2/c1-4-10(2)5-6-12-8-7-11(3)9-12/h7-8,10H,4-6,9H2,1-3H3/p+1. The zero-order chi connectivity index (χ0) is 8.97. The summed E-state index contributed by atoms with van der Waals surface area (Å²) in [5.41, 5.74) is 0. The van der Waals surface area contributed by atoms with Gasteiger partial charge in [-0.05, 0) is 12.3 Å². The van der Waals surface area contributed by atoms with Crippen molar-refractivity contribution >= 4 is 0 Å². The second kappa shape index (κ2) is 4.51. The molecule has 12 heavy (non-hydrogen) atoms. The molecule has 0 saturated heterocycles. The second-order valence-electron chi connectivity index (χ2n) is 3.93. The van der Waals surface area contributed by atoms with Crippen LogP contribution in [0.25, 0.3) is 0 Å². The van der Waals surface area contributed by atoms with E-state index in [9.17, 15) is 0 Å². The SMILES string of the molecule is CCC(C)CCN1C=C[NH+](C)C1. The lowest BCUT2D eigenvalue weighted by atomic mass is 10.1. The topological polar surface area (TPSA) is 7.68 Å². The van der Waals surface area contributed by atoms with Gasteiger partial charge in [-0.25, -0.2) is 0 Å². The van der Waals surface area contributed by atoms with Gasteiger partial charge in [0.05, 0.1) is 13.2 Å². The van der Waals surface area contributed by atoms with Crippen LogP contribution in [0.4, 0.5) is 0 Å². The van der Waals surface area contributed by atoms with Gasteiger partial charge < -0.3 is 4.90 Å². The normalized spacial score (nSPS) is 24.9. The van der Waals surface area contributed by atoms with Gasteiger partial charge in [0.1, 0.15) is 6.20 Å². The van der Waals surface area contributed by atoms with Crippen molar-refractivity contribution in [1.29, 1.82) is 0 Å². The summed E-state index contributed by atoms with van der Waals surface area (Å²) < 4.78 is 0. The van der Waals surface area contributed by atoms with Crippen LogP contribution in [0.5, 0.6) is 0 Å². The van der Waals surface area contributed by atoms with Crippen LogP contribution >= 0.6 is 0 Å². The number of nitrogens with zero attached hydrogens (tertiary/aromatic N) is 1. The minimum Gasteiger partial charge on any atom is -0.326 e. The van der Waals surface area contributed by atoms with Crippen molar-refractivity contribution in [3.63, 3.8) is 0 Å². The van der Waals surface area contributed by atoms with Gasteiger partial charge in [0.25, 0.3) is 0 Å². The van der Waals surface area contributed by atoms with Crippen LogP contribution < -0.4 is 4.90 Å². The Balaban J connectivity index is 2.12. The zero-order valence-corrected chi connectivity index (χ0v) is 8.51. The van der Waals surface area contributed by atoms with Gasteiger partial charge in [-0.15, -0.1) is 0 Å². The van der Waals surface area contributed by atoms with E-state index in [1.165, 1.54) is 24.3 Å². The molecule has 0 aromatic heterocycles. The molecule has 0 aromatic rings. The van der Waals surface area contributed by atoms with Crippen LogP contribution in [0.1, 0.15) is 26.7 Å². The molecule has 0 aromatic carbocycles. The molecular weight excluding hydrogens is 148 g/mol. The Kier molecular flexibility index (Phi) is 3.60. The van der Waals surface area contributed by atoms with Crippen molar-refractivity contribution in [2.45, 2.75) is 26.7 Å². The highest BCUT2D eigenvalue weighted by Crippen LogP contribution is 2.07. The van der Waals surface area contributed by atoms with Gasteiger partial charge in [0, 0.05) is 6.54 Å². The molecule has 2 unspecified atom stereocenters. The first-order valence-electron chi connectivity index (χ1n) is 4.97. The molecule has 1 aliphatic heterocycles. The zero-order valence-electron chi connectivity index (χ0n) is 8.51. The summed E-state index contributed by atoms with van der Waals surface area (Å²) in [4.78, 5) is 3.89. The fourth-order valence-electron chi connectivity index (χ4n) is 1.40. The molecule has 2 nitrogen and oxygen atoms in total. The van der Waals surface area contributed by atoms with Crippen LogP contribution in [-0.4, -0.2) is 25.2 Å². The van der Waals surface area contributed by atoms with E-state index in [-0.39, 0.29) is 0 Å². The summed E-state index contributed by atoms with van der Waals surface area (Å²) in [6.07, 6.45) is 7.07. The molecule has 1 aliphatic rings. The van der Waals surface area contributed by atoms with E-state index in [1.807, 2.05) is 0 Å². The number of hydrogen-bond acceptors (Lipinski definition) is 1. The van der Waals surface area contributed by atoms with E-state index in [1.54, 1.807) is 0 Å². The van der Waals surface area contributed by atoms with Crippen molar-refractivity contribution in [1.82, 2.24) is 4.90 Å². The first-order chi connectivity index (χ1) is 5.72. The molecular formula is C10H21N2+. The smallest absolute Gasteiger partial charge is 0.156 e. The Hall–Kier alpha value is -0.500. The van der Waals surface area contributed by atoms with Crippen molar-refractivity contribution in [3.05, 3.63) is 12.4 Å². The molecule has 1 rings (SSSR count). The van der Waals surface area contributed by atoms with E-state index >= 15 is 0 Å². The molecule has 0 fully saturated rings. The maximum Gasteiger partial charge on any atom is 0.156 e. The summed E-state index contributed by atoms with van der Waals surface area (Å²) in [5, 5.41) is 0. The summed E-state index contributed by atoms with van der Waals surface area (Å²) in [6, 6.07) is 0. The highest BCUT2D eigenvalue weighted by Gasteiger charge is 2.12. The number of rotatable bonds is 4. The van der Waals surface area contributed by atoms with Crippen molar-refractivity contribution in [2.24, 2.45) is 5.92 Å². The van der Waals surface area contributed by atoms with Gasteiger partial charge in [0.15, 0.2) is 6.67 Å². The molecule has 1 N–H and O–H groups in total. The molecule has 70 valence electrons. The first-order valence-corrected chi connectivity index (χ1v) is 4.97. The second-order valence-corrected chi connectivity index (χ2v) is 3.93. The lowest BCUT2D eigenvalue weighted by Gasteiger charge is -2.16. The fourth-order valence-corrected chi connectivity index (χ4v) is 1.40. The van der Waals surface area contributed by atoms with E-state index in [0.29, 0.717) is 0 Å². The minimum atomic E-state index is 0.874. The third kappa shape index (κ3) is 2.86. The Morgan fingerprint density at radius 1 is 1.58 bits per heavy atom. The highest BCUT2D eigenvalue weighted by atomic mass is 15.3. The van der Waals surface area contributed by atoms with Crippen LogP contribution in [0.3, 0.4) is 0 Å². The van der Waals surface area contributed by atoms with Gasteiger partial charge in [-0.1, -0.05) is 20.3 Å².